The first-order valence-corrected chi connectivity index (χ1v) is 12.2. The molecule has 0 aliphatic carbocycles. The van der Waals surface area contributed by atoms with Gasteiger partial charge in [-0.25, -0.2) is 9.78 Å². The molecule has 1 aromatic heterocycles. The fourth-order valence-electron chi connectivity index (χ4n) is 4.41. The summed E-state index contributed by atoms with van der Waals surface area (Å²) in [6.07, 6.45) is 4.50. The van der Waals surface area contributed by atoms with Gasteiger partial charge in [-0.3, -0.25) is 4.79 Å². The molecule has 0 saturated carbocycles. The Morgan fingerprint density at radius 3 is 2.66 bits per heavy atom. The number of methoxy groups -OCH3 is 1. The van der Waals surface area contributed by atoms with Crippen LogP contribution in [0.5, 0.6) is 17.2 Å². The van der Waals surface area contributed by atoms with E-state index in [1.54, 1.807) is 0 Å². The average Bonchev–Trinajstić information content (AvgIpc) is 2.88. The van der Waals surface area contributed by atoms with Crippen LogP contribution in [-0.4, -0.2) is 47.3 Å². The maximum Gasteiger partial charge on any atom is 0.329 e. The number of amides is 1. The number of nitrogens with zero attached hydrogens (tertiary/aromatic N) is 1. The number of rotatable bonds is 8. The zero-order valence-electron chi connectivity index (χ0n) is 20.9. The largest absolute Gasteiger partial charge is 0.503 e. The van der Waals surface area contributed by atoms with Crippen LogP contribution >= 0.6 is 0 Å². The Morgan fingerprint density at radius 1 is 1.23 bits per heavy atom. The van der Waals surface area contributed by atoms with Crippen LogP contribution in [0.4, 0.5) is 0 Å². The number of benzene rings is 1. The number of aromatic nitrogens is 1. The summed E-state index contributed by atoms with van der Waals surface area (Å²) in [5.41, 5.74) is -0.204. The van der Waals surface area contributed by atoms with Crippen LogP contribution in [0.25, 0.3) is 0 Å². The summed E-state index contributed by atoms with van der Waals surface area (Å²) in [5.74, 6) is 0.0423. The molecule has 3 rings (SSSR count). The molecule has 1 aliphatic heterocycles. The second-order valence-electron chi connectivity index (χ2n) is 9.44. The third-order valence-electron chi connectivity index (χ3n) is 6.34. The smallest absolute Gasteiger partial charge is 0.329 e. The van der Waals surface area contributed by atoms with E-state index in [-0.39, 0.29) is 29.2 Å². The fourth-order valence-corrected chi connectivity index (χ4v) is 4.41. The number of esters is 1. The van der Waals surface area contributed by atoms with Gasteiger partial charge in [0.15, 0.2) is 17.2 Å². The summed E-state index contributed by atoms with van der Waals surface area (Å²) in [6, 6.07) is 10.1. The summed E-state index contributed by atoms with van der Waals surface area (Å²) in [7, 11) is 1.39. The van der Waals surface area contributed by atoms with Crippen molar-refractivity contribution in [2.75, 3.05) is 7.11 Å². The number of hydrogen-bond donors (Lipinski definition) is 2. The first-order valence-electron chi connectivity index (χ1n) is 12.2. The van der Waals surface area contributed by atoms with Crippen LogP contribution in [0.2, 0.25) is 0 Å². The molecule has 35 heavy (non-hydrogen) atoms. The molecule has 0 spiro atoms. The second kappa shape index (κ2) is 12.4. The molecule has 0 bridgehead atoms. The van der Waals surface area contributed by atoms with Gasteiger partial charge in [-0.05, 0) is 50.2 Å². The van der Waals surface area contributed by atoms with Crippen molar-refractivity contribution < 1.29 is 28.9 Å². The van der Waals surface area contributed by atoms with Crippen molar-refractivity contribution in [2.24, 2.45) is 11.8 Å². The SMILES string of the molecule is COc1ccnc(C(=O)NC2CCCC(CCC(C)C)C(Oc3ccccc3)C(C)OC2=O)c1O. The fraction of sp³-hybridized carbons (Fsp3) is 0.519. The van der Waals surface area contributed by atoms with Crippen LogP contribution < -0.4 is 14.8 Å². The summed E-state index contributed by atoms with van der Waals surface area (Å²) in [4.78, 5) is 29.9. The lowest BCUT2D eigenvalue weighted by Crippen LogP contribution is -2.45. The molecule has 4 atom stereocenters. The highest BCUT2D eigenvalue weighted by Crippen LogP contribution is 2.31. The van der Waals surface area contributed by atoms with E-state index in [0.29, 0.717) is 18.8 Å². The molecule has 1 aromatic carbocycles. The molecule has 2 N–H and O–H groups in total. The Morgan fingerprint density at radius 2 is 1.97 bits per heavy atom. The third kappa shape index (κ3) is 7.10. The molecule has 1 saturated heterocycles. The van der Waals surface area contributed by atoms with Gasteiger partial charge in [-0.2, -0.15) is 0 Å². The Labute approximate surface area is 207 Å². The molecule has 190 valence electrons. The summed E-state index contributed by atoms with van der Waals surface area (Å²) >= 11 is 0. The number of aromatic hydroxyl groups is 1. The Hall–Kier alpha value is -3.29. The number of cyclic esters (lactones) is 1. The lowest BCUT2D eigenvalue weighted by molar-refractivity contribution is -0.156. The third-order valence-corrected chi connectivity index (χ3v) is 6.34. The lowest BCUT2D eigenvalue weighted by Gasteiger charge is -2.32. The highest BCUT2D eigenvalue weighted by Gasteiger charge is 2.36. The number of pyridine rings is 1. The minimum atomic E-state index is -0.862. The first-order chi connectivity index (χ1) is 16.8. The van der Waals surface area contributed by atoms with Crippen molar-refractivity contribution in [2.45, 2.75) is 71.1 Å². The molecule has 8 heteroatoms. The predicted octanol–water partition coefficient (Wildman–Crippen LogP) is 4.51. The van der Waals surface area contributed by atoms with Gasteiger partial charge in [0.05, 0.1) is 7.11 Å². The van der Waals surface area contributed by atoms with Gasteiger partial charge in [-0.15, -0.1) is 0 Å². The predicted molar refractivity (Wildman–Crippen MR) is 132 cm³/mol. The first kappa shape index (κ1) is 26.3. The number of hydrogen-bond acceptors (Lipinski definition) is 7. The van der Waals surface area contributed by atoms with E-state index in [1.165, 1.54) is 19.4 Å². The normalized spacial score (nSPS) is 22.9. The zero-order chi connectivity index (χ0) is 25.4. The van der Waals surface area contributed by atoms with E-state index in [1.807, 2.05) is 37.3 Å². The maximum atomic E-state index is 13.1. The number of nitrogens with one attached hydrogen (secondary N) is 1. The van der Waals surface area contributed by atoms with Gasteiger partial charge < -0.3 is 24.6 Å². The van der Waals surface area contributed by atoms with Gasteiger partial charge in [0.1, 0.15) is 24.0 Å². The quantitative estimate of drug-likeness (QED) is 0.531. The van der Waals surface area contributed by atoms with Gasteiger partial charge in [0, 0.05) is 12.3 Å². The minimum absolute atomic E-state index is 0.129. The van der Waals surface area contributed by atoms with Crippen molar-refractivity contribution in [1.82, 2.24) is 10.3 Å². The van der Waals surface area contributed by atoms with Crippen LogP contribution in [0.15, 0.2) is 42.6 Å². The molecular weight excluding hydrogens is 448 g/mol. The van der Waals surface area contributed by atoms with Crippen molar-refractivity contribution >= 4 is 11.9 Å². The van der Waals surface area contributed by atoms with E-state index < -0.39 is 24.0 Å². The molecule has 1 amide bonds. The topological polar surface area (TPSA) is 107 Å². The van der Waals surface area contributed by atoms with E-state index in [4.69, 9.17) is 14.2 Å². The highest BCUT2D eigenvalue weighted by molar-refractivity contribution is 5.97. The molecule has 2 aromatic rings. The van der Waals surface area contributed by atoms with E-state index in [0.717, 1.165) is 25.0 Å². The van der Waals surface area contributed by atoms with E-state index in [9.17, 15) is 14.7 Å². The summed E-state index contributed by atoms with van der Waals surface area (Å²) < 4.78 is 17.2. The molecule has 4 unspecified atom stereocenters. The van der Waals surface area contributed by atoms with Gasteiger partial charge >= 0.3 is 5.97 Å². The molecule has 2 heterocycles. The summed E-state index contributed by atoms with van der Waals surface area (Å²) in [5, 5.41) is 13.0. The Bertz CT molecular complexity index is 981. The van der Waals surface area contributed by atoms with Gasteiger partial charge in [-0.1, -0.05) is 44.9 Å². The van der Waals surface area contributed by atoms with Crippen molar-refractivity contribution in [3.63, 3.8) is 0 Å². The summed E-state index contributed by atoms with van der Waals surface area (Å²) in [6.45, 7) is 6.23. The lowest BCUT2D eigenvalue weighted by atomic mass is 9.86. The maximum absolute atomic E-state index is 13.1. The van der Waals surface area contributed by atoms with Crippen molar-refractivity contribution in [1.29, 1.82) is 0 Å². The minimum Gasteiger partial charge on any atom is -0.503 e. The monoisotopic (exact) mass is 484 g/mol. The molecule has 0 radical (unpaired) electrons. The van der Waals surface area contributed by atoms with E-state index in [2.05, 4.69) is 24.1 Å². The van der Waals surface area contributed by atoms with E-state index >= 15 is 0 Å². The van der Waals surface area contributed by atoms with Crippen molar-refractivity contribution in [3.8, 4) is 17.2 Å². The van der Waals surface area contributed by atoms with Gasteiger partial charge in [0.2, 0.25) is 0 Å². The second-order valence-corrected chi connectivity index (χ2v) is 9.44. The number of carbonyl (C=O) groups excluding carboxylic acids is 2. The number of ether oxygens (including phenoxy) is 3. The average molecular weight is 485 g/mol. The standard InChI is InChI=1S/C27H36N2O6/c1-17(2)13-14-19-9-8-12-21(29-26(31)23-24(30)22(33-4)15-16-28-23)27(32)34-18(3)25(19)35-20-10-6-5-7-11-20/h5-7,10-11,15-19,21,25,30H,8-9,12-14H2,1-4H3,(H,29,31). The number of para-hydroxylation sites is 1. The zero-order valence-corrected chi connectivity index (χ0v) is 20.9. The Kier molecular flexibility index (Phi) is 9.34. The number of carbonyl (C=O) groups is 2. The van der Waals surface area contributed by atoms with Gasteiger partial charge in [0.25, 0.3) is 5.91 Å². The molecule has 1 fully saturated rings. The van der Waals surface area contributed by atoms with Crippen LogP contribution in [0, 0.1) is 11.8 Å². The van der Waals surface area contributed by atoms with Crippen molar-refractivity contribution in [3.05, 3.63) is 48.3 Å². The van der Waals surface area contributed by atoms with Crippen LogP contribution in [0.3, 0.4) is 0 Å². The molecule has 1 aliphatic rings. The van der Waals surface area contributed by atoms with Crippen LogP contribution in [0.1, 0.15) is 63.4 Å². The molecule has 8 nitrogen and oxygen atoms in total. The molecular formula is C27H36N2O6. The highest BCUT2D eigenvalue weighted by atomic mass is 16.6. The Balaban J connectivity index is 1.78. The van der Waals surface area contributed by atoms with Crippen LogP contribution in [-0.2, 0) is 9.53 Å².